The Labute approximate surface area is 182 Å². The molecule has 0 atom stereocenters. The number of rotatable bonds is 8. The maximum atomic E-state index is 13.5. The molecule has 0 spiro atoms. The van der Waals surface area contributed by atoms with Gasteiger partial charge in [0.1, 0.15) is 0 Å². The second-order valence-corrected chi connectivity index (χ2v) is 8.74. The Hall–Kier alpha value is -2.64. The zero-order chi connectivity index (χ0) is 21.8. The van der Waals surface area contributed by atoms with Gasteiger partial charge in [0.2, 0.25) is 0 Å². The van der Waals surface area contributed by atoms with Crippen LogP contribution in [0.4, 0.5) is 5.13 Å². The Morgan fingerprint density at radius 1 is 1.10 bits per heavy atom. The van der Waals surface area contributed by atoms with Crippen LogP contribution in [0.3, 0.4) is 0 Å². The number of carbonyl (C=O) groups is 1. The van der Waals surface area contributed by atoms with Gasteiger partial charge >= 0.3 is 0 Å². The van der Waals surface area contributed by atoms with Crippen molar-refractivity contribution in [3.8, 4) is 11.5 Å². The van der Waals surface area contributed by atoms with E-state index in [1.165, 1.54) is 16.0 Å². The van der Waals surface area contributed by atoms with Crippen molar-refractivity contribution in [3.05, 3.63) is 47.0 Å². The summed E-state index contributed by atoms with van der Waals surface area (Å²) in [6.07, 6.45) is 0.884. The van der Waals surface area contributed by atoms with Crippen molar-refractivity contribution in [2.75, 3.05) is 46.3 Å². The van der Waals surface area contributed by atoms with Crippen LogP contribution in [-0.4, -0.2) is 52.3 Å². The van der Waals surface area contributed by atoms with Gasteiger partial charge in [-0.1, -0.05) is 17.4 Å². The highest BCUT2D eigenvalue weighted by Crippen LogP contribution is 2.34. The van der Waals surface area contributed by atoms with Crippen LogP contribution in [0.2, 0.25) is 0 Å². The van der Waals surface area contributed by atoms with Gasteiger partial charge in [-0.15, -0.1) is 0 Å². The first-order valence-corrected chi connectivity index (χ1v) is 10.9. The van der Waals surface area contributed by atoms with Crippen LogP contribution < -0.4 is 19.3 Å². The summed E-state index contributed by atoms with van der Waals surface area (Å²) in [5.74, 6) is 1.05. The minimum absolute atomic E-state index is 0.0851. The van der Waals surface area contributed by atoms with E-state index in [9.17, 15) is 4.79 Å². The lowest BCUT2D eigenvalue weighted by atomic mass is 10.1. The third-order valence-corrected chi connectivity index (χ3v) is 6.20. The first-order valence-electron chi connectivity index (χ1n) is 10.0. The molecular formula is C23H30N3O3S+. The number of hydrogen-bond donors (Lipinski definition) is 1. The molecule has 1 N–H and O–H groups in total. The van der Waals surface area contributed by atoms with Crippen LogP contribution >= 0.6 is 11.3 Å². The van der Waals surface area contributed by atoms with E-state index in [0.717, 1.165) is 28.3 Å². The molecule has 3 rings (SSSR count). The summed E-state index contributed by atoms with van der Waals surface area (Å²) in [6, 6.07) is 9.50. The third-order valence-electron chi connectivity index (χ3n) is 4.97. The average molecular weight is 429 g/mol. The Morgan fingerprint density at radius 2 is 1.83 bits per heavy atom. The summed E-state index contributed by atoms with van der Waals surface area (Å²) in [5, 5.41) is 0.729. The number of amides is 1. The van der Waals surface area contributed by atoms with Gasteiger partial charge in [0.05, 0.1) is 45.1 Å². The monoisotopic (exact) mass is 428 g/mol. The summed E-state index contributed by atoms with van der Waals surface area (Å²) < 4.78 is 11.8. The highest BCUT2D eigenvalue weighted by molar-refractivity contribution is 7.22. The van der Waals surface area contributed by atoms with Crippen molar-refractivity contribution in [1.29, 1.82) is 0 Å². The van der Waals surface area contributed by atoms with Gasteiger partial charge in [-0.2, -0.15) is 0 Å². The van der Waals surface area contributed by atoms with E-state index < -0.39 is 0 Å². The molecule has 0 radical (unpaired) electrons. The summed E-state index contributed by atoms with van der Waals surface area (Å²) in [7, 11) is 7.39. The number of carbonyl (C=O) groups excluding carboxylic acids is 1. The number of anilines is 1. The molecule has 0 aliphatic rings. The maximum absolute atomic E-state index is 13.5. The van der Waals surface area contributed by atoms with Gasteiger partial charge in [0.15, 0.2) is 16.6 Å². The number of benzene rings is 2. The second-order valence-electron chi connectivity index (χ2n) is 7.76. The van der Waals surface area contributed by atoms with Crippen molar-refractivity contribution in [2.45, 2.75) is 20.3 Å². The molecule has 0 saturated heterocycles. The molecule has 0 saturated carbocycles. The lowest BCUT2D eigenvalue weighted by Gasteiger charge is -2.21. The number of nitrogens with one attached hydrogen (secondary N) is 1. The Morgan fingerprint density at radius 3 is 2.50 bits per heavy atom. The molecule has 1 heterocycles. The van der Waals surface area contributed by atoms with Crippen LogP contribution in [-0.2, 0) is 0 Å². The molecule has 1 aromatic heterocycles. The lowest BCUT2D eigenvalue weighted by molar-refractivity contribution is -0.858. The van der Waals surface area contributed by atoms with E-state index in [0.29, 0.717) is 23.6 Å². The van der Waals surface area contributed by atoms with Crippen LogP contribution in [0, 0.1) is 13.8 Å². The van der Waals surface area contributed by atoms with E-state index in [4.69, 9.17) is 14.5 Å². The number of thiazole rings is 1. The van der Waals surface area contributed by atoms with Crippen LogP contribution in [0.25, 0.3) is 10.2 Å². The molecule has 0 unspecified atom stereocenters. The van der Waals surface area contributed by atoms with E-state index >= 15 is 0 Å². The average Bonchev–Trinajstić information content (AvgIpc) is 3.14. The van der Waals surface area contributed by atoms with E-state index in [-0.39, 0.29) is 5.91 Å². The second kappa shape index (κ2) is 9.45. The first kappa shape index (κ1) is 22.1. The summed E-state index contributed by atoms with van der Waals surface area (Å²) in [6.45, 7) is 5.74. The molecule has 3 aromatic rings. The van der Waals surface area contributed by atoms with E-state index in [1.54, 1.807) is 48.7 Å². The minimum Gasteiger partial charge on any atom is -0.493 e. The largest absolute Gasteiger partial charge is 0.493 e. The number of aryl methyl sites for hydroxylation is 2. The fourth-order valence-electron chi connectivity index (χ4n) is 3.48. The zero-order valence-electron chi connectivity index (χ0n) is 18.5. The number of quaternary nitrogens is 1. The van der Waals surface area contributed by atoms with E-state index in [1.807, 2.05) is 0 Å². The molecule has 1 amide bonds. The van der Waals surface area contributed by atoms with Crippen molar-refractivity contribution in [1.82, 2.24) is 4.98 Å². The van der Waals surface area contributed by atoms with Gasteiger partial charge in [0.25, 0.3) is 5.91 Å². The lowest BCUT2D eigenvalue weighted by Crippen LogP contribution is -3.05. The summed E-state index contributed by atoms with van der Waals surface area (Å²) >= 11 is 1.57. The first-order chi connectivity index (χ1) is 14.3. The third kappa shape index (κ3) is 4.74. The maximum Gasteiger partial charge on any atom is 0.260 e. The van der Waals surface area contributed by atoms with Crippen LogP contribution in [0.15, 0.2) is 30.3 Å². The molecular weight excluding hydrogens is 398 g/mol. The highest BCUT2D eigenvalue weighted by atomic mass is 32.1. The molecule has 0 fully saturated rings. The van der Waals surface area contributed by atoms with Crippen molar-refractivity contribution >= 4 is 32.6 Å². The van der Waals surface area contributed by atoms with Gasteiger partial charge < -0.3 is 14.4 Å². The highest BCUT2D eigenvalue weighted by Gasteiger charge is 2.23. The van der Waals surface area contributed by atoms with Gasteiger partial charge in [-0.05, 0) is 49.2 Å². The summed E-state index contributed by atoms with van der Waals surface area (Å²) in [5.41, 5.74) is 3.85. The smallest absolute Gasteiger partial charge is 0.260 e. The molecule has 0 bridgehead atoms. The predicted molar refractivity (Wildman–Crippen MR) is 123 cm³/mol. The fourth-order valence-corrected chi connectivity index (χ4v) is 4.52. The van der Waals surface area contributed by atoms with Gasteiger partial charge in [-0.3, -0.25) is 9.69 Å². The molecule has 7 heteroatoms. The molecule has 30 heavy (non-hydrogen) atoms. The number of aromatic nitrogens is 1. The Balaban J connectivity index is 2.00. The number of hydrogen-bond acceptors (Lipinski definition) is 5. The van der Waals surface area contributed by atoms with Crippen LogP contribution in [0.5, 0.6) is 11.5 Å². The molecule has 2 aromatic carbocycles. The van der Waals surface area contributed by atoms with Crippen molar-refractivity contribution < 1.29 is 19.2 Å². The standard InChI is InChI=1S/C23H29N3O3S/c1-15-12-16(2)21-18(13-15)24-23(30-21)26(11-7-10-25(3)4)22(27)17-8-9-19(28-5)20(14-17)29-6/h8-9,12-14H,7,10-11H2,1-6H3/p+1. The van der Waals surface area contributed by atoms with E-state index in [2.05, 4.69) is 40.1 Å². The molecule has 0 aliphatic heterocycles. The molecule has 6 nitrogen and oxygen atoms in total. The SMILES string of the molecule is COc1ccc(C(=O)N(CCC[NH+](C)C)c2nc3cc(C)cc(C)c3s2)cc1OC. The normalized spacial score (nSPS) is 11.2. The van der Waals surface area contributed by atoms with Gasteiger partial charge in [0, 0.05) is 18.5 Å². The minimum atomic E-state index is -0.0851. The topological polar surface area (TPSA) is 56.1 Å². The van der Waals surface area contributed by atoms with Crippen molar-refractivity contribution in [2.24, 2.45) is 0 Å². The zero-order valence-corrected chi connectivity index (χ0v) is 19.4. The number of ether oxygens (including phenoxy) is 2. The Kier molecular flexibility index (Phi) is 6.95. The summed E-state index contributed by atoms with van der Waals surface area (Å²) in [4.78, 5) is 21.5. The Bertz CT molecular complexity index is 1050. The van der Waals surface area contributed by atoms with Crippen molar-refractivity contribution in [3.63, 3.8) is 0 Å². The fraction of sp³-hybridized carbons (Fsp3) is 0.391. The number of fused-ring (bicyclic) bond motifs is 1. The number of nitrogens with zero attached hydrogens (tertiary/aromatic N) is 2. The molecule has 160 valence electrons. The number of methoxy groups -OCH3 is 2. The quantitative estimate of drug-likeness (QED) is 0.599. The predicted octanol–water partition coefficient (Wildman–Crippen LogP) is 3.11. The van der Waals surface area contributed by atoms with Gasteiger partial charge in [-0.25, -0.2) is 4.98 Å². The van der Waals surface area contributed by atoms with Crippen LogP contribution in [0.1, 0.15) is 27.9 Å². The molecule has 0 aliphatic carbocycles.